The topological polar surface area (TPSA) is 351 Å². The van der Waals surface area contributed by atoms with Crippen molar-refractivity contribution in [1.29, 1.82) is 0 Å². The van der Waals surface area contributed by atoms with Crippen LogP contribution in [0.4, 0.5) is 70.2 Å². The Morgan fingerprint density at radius 3 is 0.434 bits per heavy atom. The second-order valence-electron chi connectivity index (χ2n) is 26.2. The minimum Gasteiger partial charge on any atom is -0.480 e. The summed E-state index contributed by atoms with van der Waals surface area (Å²) in [5.74, 6) is -53.2. The molecule has 0 saturated heterocycles. The molecule has 0 aliphatic carbocycles. The molecule has 8 rings (SSSR count). The molecule has 4 atom stereocenters. The van der Waals surface area contributed by atoms with Crippen LogP contribution < -0.4 is 0 Å². The Balaban J connectivity index is 0.000000666. The largest absolute Gasteiger partial charge is 0.480 e. The summed E-state index contributed by atoms with van der Waals surface area (Å²) in [7, 11) is 0. The van der Waals surface area contributed by atoms with Crippen LogP contribution in [0.5, 0.6) is 0 Å². The Kier molecular flexibility index (Phi) is 30.9. The Morgan fingerprint density at radius 1 is 0.274 bits per heavy atom. The number of carboxylic acids is 4. The molecule has 4 aliphatic heterocycles. The number of esters is 2. The number of amides is 8. The van der Waals surface area contributed by atoms with Crippen LogP contribution in [0.3, 0.4) is 0 Å². The van der Waals surface area contributed by atoms with Crippen molar-refractivity contribution in [1.82, 2.24) is 19.6 Å². The van der Waals surface area contributed by atoms with Gasteiger partial charge in [0.1, 0.15) is 24.2 Å². The average Bonchev–Trinajstić information content (AvgIpc) is 1.60. The summed E-state index contributed by atoms with van der Waals surface area (Å²) < 4.78 is 225. The summed E-state index contributed by atoms with van der Waals surface area (Å²) in [4.78, 5) is 163. The molecule has 0 aromatic heterocycles. The third kappa shape index (κ3) is 18.2. The van der Waals surface area contributed by atoms with Gasteiger partial charge >= 0.3 is 35.8 Å². The van der Waals surface area contributed by atoms with Crippen LogP contribution in [-0.4, -0.2) is 160 Å². The van der Waals surface area contributed by atoms with Crippen LogP contribution in [0.1, 0.15) is 194 Å². The Hall–Kier alpha value is -9.61. The van der Waals surface area contributed by atoms with Gasteiger partial charge in [-0.3, -0.25) is 67.5 Å². The van der Waals surface area contributed by atoms with E-state index < -0.39 is 255 Å². The third-order valence-corrected chi connectivity index (χ3v) is 14.5. The molecule has 24 nitrogen and oxygen atoms in total. The van der Waals surface area contributed by atoms with Gasteiger partial charge in [0.05, 0.1) is 57.7 Å². The number of halogens is 16. The van der Waals surface area contributed by atoms with Crippen LogP contribution in [0.15, 0.2) is 0 Å². The first-order valence-electron chi connectivity index (χ1n) is 29.3. The number of aliphatic carboxylic acids is 4. The molecule has 4 heterocycles. The van der Waals surface area contributed by atoms with Gasteiger partial charge in [0.25, 0.3) is 47.3 Å². The first-order valence-corrected chi connectivity index (χ1v) is 29.3. The second kappa shape index (κ2) is 34.7. The van der Waals surface area contributed by atoms with Gasteiger partial charge in [0, 0.05) is 52.8 Å². The number of fused-ring (bicyclic) bond motifs is 4. The van der Waals surface area contributed by atoms with E-state index in [2.05, 4.69) is 9.47 Å². The maximum Gasteiger partial charge on any atom is 0.327 e. The number of rotatable bonds is 10. The molecule has 0 spiro atoms. The number of carboxylic acid groups (broad SMARTS) is 4. The van der Waals surface area contributed by atoms with Crippen molar-refractivity contribution in [2.24, 2.45) is 21.7 Å². The van der Waals surface area contributed by atoms with Gasteiger partial charge in [0.15, 0.2) is 93.1 Å². The maximum absolute atomic E-state index is 13.8. The van der Waals surface area contributed by atoms with E-state index >= 15 is 0 Å². The number of carbonyl (C=O) groups is 14. The molecule has 42 heteroatoms. The summed E-state index contributed by atoms with van der Waals surface area (Å²) in [6, 6.07) is -7.11. The smallest absolute Gasteiger partial charge is 0.327 e. The van der Waals surface area contributed by atoms with E-state index in [1.54, 1.807) is 13.8 Å². The van der Waals surface area contributed by atoms with Gasteiger partial charge in [-0.15, -0.1) is 0 Å². The van der Waals surface area contributed by atoms with Gasteiger partial charge < -0.3 is 29.9 Å². The van der Waals surface area contributed by atoms with Gasteiger partial charge in [-0.2, -0.15) is 0 Å². The number of carbonyl (C=O) groups excluding carboxylic acids is 10. The molecule has 4 aliphatic rings. The van der Waals surface area contributed by atoms with Crippen molar-refractivity contribution < 1.29 is 206 Å². The number of benzene rings is 4. The van der Waals surface area contributed by atoms with Gasteiger partial charge in [-0.1, -0.05) is 83.1 Å². The zero-order valence-electron chi connectivity index (χ0n) is 57.5. The first-order chi connectivity index (χ1) is 47.2. The SMILES string of the molecule is CC(C)(C)[C@@H](C(=O)O)N1C(=O)c2c(F)c(F)c(F)c(F)c2C1=O.CC(C)(C)[C@@H](C(=O)O)N1C(=O)c2c(F)c(F)c(F)c(F)c2C1=O.CC(C)(C)[C@@H](C(=O)O)N1C(=O)c2c(F)c(F)c(F)c(F)c2C1=O.CC(C)(C)[C@@H](C(=O)O)N1C(=O)c2c(F)c(F)c(F)c(F)c2C1=O.CCOC(C)=O.CCOC(C)=O.[Rh].[Rh]. The molecule has 0 bridgehead atoms. The monoisotopic (exact) mass is 1710 g/mol. The van der Waals surface area contributed by atoms with E-state index in [1.165, 1.54) is 96.9 Å². The van der Waals surface area contributed by atoms with Crippen LogP contribution in [0.25, 0.3) is 0 Å². The fourth-order valence-corrected chi connectivity index (χ4v) is 10.3. The molecule has 4 aromatic carbocycles. The van der Waals surface area contributed by atoms with Crippen LogP contribution in [-0.2, 0) is 77.2 Å². The summed E-state index contributed by atoms with van der Waals surface area (Å²) in [6.07, 6.45) is 0. The third-order valence-electron chi connectivity index (χ3n) is 14.5. The standard InChI is InChI=1S/4C14H11F4NO4.2C4H8O2.2Rh/c4*1-14(2,3)10(13(22)23)19-11(20)4-5(12(19)21)7(16)9(18)8(17)6(4)15;2*1-3-6-4(2)5;;/h4*10H,1-3H3,(H,22,23);2*3H2,1-2H3;;/t4*10-;;;;/m1111..../s1. The normalized spacial score (nSPS) is 14.6. The van der Waals surface area contributed by atoms with E-state index in [-0.39, 0.29) is 70.5 Å². The summed E-state index contributed by atoms with van der Waals surface area (Å²) >= 11 is 0. The summed E-state index contributed by atoms with van der Waals surface area (Å²) in [5, 5.41) is 37.0. The summed E-state index contributed by atoms with van der Waals surface area (Å²) in [5.41, 5.74) is -15.2. The Morgan fingerprint density at radius 2 is 0.377 bits per heavy atom. The van der Waals surface area contributed by atoms with Crippen molar-refractivity contribution in [3.05, 3.63) is 138 Å². The number of nitrogens with zero attached hydrogens (tertiary/aromatic N) is 4. The molecule has 8 amide bonds. The quantitative estimate of drug-likeness (QED) is 0.0286. The number of hydrogen-bond acceptors (Lipinski definition) is 16. The Labute approximate surface area is 613 Å². The maximum atomic E-state index is 13.8. The van der Waals surface area contributed by atoms with Crippen molar-refractivity contribution in [2.75, 3.05) is 13.2 Å². The van der Waals surface area contributed by atoms with Crippen molar-refractivity contribution in [3.63, 3.8) is 0 Å². The Bertz CT molecular complexity index is 3650. The van der Waals surface area contributed by atoms with Crippen LogP contribution in [0.2, 0.25) is 0 Å². The van der Waals surface area contributed by atoms with Crippen LogP contribution >= 0.6 is 0 Å². The van der Waals surface area contributed by atoms with Gasteiger partial charge in [0.2, 0.25) is 0 Å². The van der Waals surface area contributed by atoms with E-state index in [0.717, 1.165) is 0 Å². The zero-order valence-corrected chi connectivity index (χ0v) is 60.8. The van der Waals surface area contributed by atoms with Crippen LogP contribution in [0, 0.1) is 115 Å². The van der Waals surface area contributed by atoms with Crippen molar-refractivity contribution in [3.8, 4) is 0 Å². The molecule has 4 aromatic rings. The molecule has 0 saturated carbocycles. The number of imide groups is 4. The van der Waals surface area contributed by atoms with Crippen molar-refractivity contribution in [2.45, 2.75) is 135 Å². The second-order valence-corrected chi connectivity index (χ2v) is 26.2. The summed E-state index contributed by atoms with van der Waals surface area (Å²) in [6.45, 7) is 23.8. The fraction of sp³-hybridized carbons (Fsp3) is 0.406. The molecule has 4 N–H and O–H groups in total. The predicted molar refractivity (Wildman–Crippen MR) is 315 cm³/mol. The molecule has 2 radical (unpaired) electrons. The molecule has 0 fully saturated rings. The molecular weight excluding hydrogens is 1650 g/mol. The van der Waals surface area contributed by atoms with E-state index in [1.807, 2.05) is 0 Å². The first kappa shape index (κ1) is 94.4. The van der Waals surface area contributed by atoms with Crippen molar-refractivity contribution >= 4 is 83.1 Å². The van der Waals surface area contributed by atoms with E-state index in [0.29, 0.717) is 13.2 Å². The molecule has 0 unspecified atom stereocenters. The van der Waals surface area contributed by atoms with E-state index in [4.69, 9.17) is 0 Å². The zero-order chi connectivity index (χ0) is 81.4. The molecule has 586 valence electrons. The average molecular weight is 1710 g/mol. The van der Waals surface area contributed by atoms with Gasteiger partial charge in [-0.05, 0) is 35.5 Å². The number of ether oxygens (including phenoxy) is 2. The van der Waals surface area contributed by atoms with E-state index in [9.17, 15) is 158 Å². The molecular formula is C64H60F16N4O20Rh2. The fourth-order valence-electron chi connectivity index (χ4n) is 10.3. The minimum atomic E-state index is -2.24. The minimum absolute atomic E-state index is 0. The number of hydrogen-bond donors (Lipinski definition) is 4. The van der Waals surface area contributed by atoms with Gasteiger partial charge in [-0.25, -0.2) is 89.4 Å². The predicted octanol–water partition coefficient (Wildman–Crippen LogP) is 10.5. The molecule has 106 heavy (non-hydrogen) atoms.